The van der Waals surface area contributed by atoms with E-state index in [4.69, 9.17) is 14.8 Å². The molecular formula is C44H47F2N11O5. The summed E-state index contributed by atoms with van der Waals surface area (Å²) in [5, 5.41) is 15.5. The molecule has 4 saturated heterocycles. The van der Waals surface area contributed by atoms with Gasteiger partial charge in [0.1, 0.15) is 17.4 Å². The maximum atomic E-state index is 16.2. The molecule has 5 fully saturated rings. The maximum Gasteiger partial charge on any atom is 0.329 e. The number of piperidine rings is 2. The largest absolute Gasteiger partial charge is 0.374 e. The summed E-state index contributed by atoms with van der Waals surface area (Å²) < 4.78 is 44.5. The normalized spacial score (nSPS) is 26.5. The summed E-state index contributed by atoms with van der Waals surface area (Å²) in [7, 11) is 1.55. The monoisotopic (exact) mass is 847 g/mol. The lowest BCUT2D eigenvalue weighted by atomic mass is 9.83. The number of benzene rings is 2. The number of anilines is 2. The van der Waals surface area contributed by atoms with E-state index in [-0.39, 0.29) is 55.7 Å². The van der Waals surface area contributed by atoms with E-state index in [0.29, 0.717) is 59.2 Å². The molecule has 2 bridgehead atoms. The second-order valence-corrected chi connectivity index (χ2v) is 17.9. The predicted octanol–water partition coefficient (Wildman–Crippen LogP) is 4.80. The second-order valence-electron chi connectivity index (χ2n) is 17.9. The van der Waals surface area contributed by atoms with Gasteiger partial charge in [-0.05, 0) is 93.3 Å². The molecule has 4 aliphatic heterocycles. The van der Waals surface area contributed by atoms with Crippen molar-refractivity contribution in [3.63, 3.8) is 0 Å². The van der Waals surface area contributed by atoms with Gasteiger partial charge in [0.2, 0.25) is 11.8 Å². The van der Waals surface area contributed by atoms with Crippen molar-refractivity contribution < 1.29 is 27.9 Å². The van der Waals surface area contributed by atoms with Gasteiger partial charge in [-0.2, -0.15) is 10.2 Å². The Balaban J connectivity index is 0.717. The van der Waals surface area contributed by atoms with Crippen LogP contribution >= 0.6 is 0 Å². The van der Waals surface area contributed by atoms with Crippen LogP contribution < -0.4 is 21.2 Å². The van der Waals surface area contributed by atoms with Crippen LogP contribution in [0, 0.1) is 5.92 Å². The topological polar surface area (TPSA) is 166 Å². The summed E-state index contributed by atoms with van der Waals surface area (Å²) in [4.78, 5) is 60.5. The molecule has 6 aromatic rings. The van der Waals surface area contributed by atoms with Crippen molar-refractivity contribution in [1.82, 2.24) is 43.7 Å². The number of carbonyl (C=O) groups is 3. The lowest BCUT2D eigenvalue weighted by Gasteiger charge is -2.41. The van der Waals surface area contributed by atoms with Crippen LogP contribution in [0.25, 0.3) is 27.6 Å². The molecule has 8 heterocycles. The van der Waals surface area contributed by atoms with Crippen LogP contribution in [0.1, 0.15) is 85.3 Å². The Morgan fingerprint density at radius 2 is 1.89 bits per heavy atom. The highest BCUT2D eigenvalue weighted by Crippen LogP contribution is 2.44. The van der Waals surface area contributed by atoms with Crippen LogP contribution in [0.2, 0.25) is 0 Å². The smallest absolute Gasteiger partial charge is 0.329 e. The van der Waals surface area contributed by atoms with Crippen molar-refractivity contribution in [1.29, 1.82) is 0 Å². The van der Waals surface area contributed by atoms with E-state index in [2.05, 4.69) is 20.6 Å². The molecule has 3 amide bonds. The molecule has 2 unspecified atom stereocenters. The first-order chi connectivity index (χ1) is 30.0. The van der Waals surface area contributed by atoms with Gasteiger partial charge in [-0.1, -0.05) is 12.1 Å². The van der Waals surface area contributed by atoms with Gasteiger partial charge in [0.25, 0.3) is 11.8 Å². The minimum Gasteiger partial charge on any atom is -0.374 e. The SMILES string of the molecule is Cn1c(=O)n(C2CCC(=O)NC2=O)c2cccc(C3CCN(C[C@H]4CC[C@H](n5cc6cc(NC(=O)c7cnn8ccc(N9C[C@H]%10C[C@@H]9CO%10)nc78)ccc6n5)CC4)CC3(F)F)c21. The van der Waals surface area contributed by atoms with Crippen LogP contribution in [0.15, 0.2) is 65.8 Å². The number of hydrogen-bond donors (Lipinski definition) is 2. The first kappa shape index (κ1) is 38.9. The Kier molecular flexibility index (Phi) is 9.30. The standard InChI is InChI=1S/C44H47F2N11O5/c1-52-39-31(3-2-4-35(39)57(43(52)61)36-11-12-38(58)50-42(36)60)33-13-15-53(24-44(33,45)46)20-25-5-8-28(9-6-25)56-21-26-17-27(7-10-34(26)51-56)48-41(59)32-19-47-55-16-14-37(49-40(32)55)54-22-30-18-29(54)23-62-30/h2-4,7,10,14,16-17,19,21,25,28-30,33,36H,5-6,8-9,11-13,15,18,20,22-24H2,1H3,(H,48,59)(H,50,58,60)/t25-,28-,29-,30-,33?,36?/m1/s1. The molecule has 16 nitrogen and oxygen atoms in total. The molecular weight excluding hydrogens is 801 g/mol. The van der Waals surface area contributed by atoms with E-state index in [9.17, 15) is 19.2 Å². The minimum atomic E-state index is -3.04. The van der Waals surface area contributed by atoms with Crippen molar-refractivity contribution >= 4 is 56.8 Å². The van der Waals surface area contributed by atoms with Gasteiger partial charge >= 0.3 is 5.69 Å². The van der Waals surface area contributed by atoms with Gasteiger partial charge in [-0.3, -0.25) is 38.4 Å². The number of ether oxygens (including phenoxy) is 1. The molecule has 2 aromatic carbocycles. The highest BCUT2D eigenvalue weighted by Gasteiger charge is 2.47. The second kappa shape index (κ2) is 14.8. The molecule has 1 aliphatic carbocycles. The maximum absolute atomic E-state index is 16.2. The van der Waals surface area contributed by atoms with Gasteiger partial charge in [0.15, 0.2) is 5.65 Å². The lowest BCUT2D eigenvalue weighted by molar-refractivity contribution is -0.135. The molecule has 4 atom stereocenters. The highest BCUT2D eigenvalue weighted by atomic mass is 19.3. The fourth-order valence-electron chi connectivity index (χ4n) is 10.9. The number of nitrogens with zero attached hydrogens (tertiary/aromatic N) is 9. The Morgan fingerprint density at radius 3 is 2.66 bits per heavy atom. The Bertz CT molecular complexity index is 2840. The number of aryl methyl sites for hydroxylation is 1. The summed E-state index contributed by atoms with van der Waals surface area (Å²) in [5.74, 6) is -4.28. The summed E-state index contributed by atoms with van der Waals surface area (Å²) in [5.41, 5.74) is 3.10. The average Bonchev–Trinajstić information content (AvgIpc) is 4.10. The number of imidazole rings is 1. The third-order valence-electron chi connectivity index (χ3n) is 14.0. The molecule has 62 heavy (non-hydrogen) atoms. The number of carbonyl (C=O) groups excluding carboxylic acids is 3. The zero-order chi connectivity index (χ0) is 42.4. The number of aromatic nitrogens is 7. The number of para-hydroxylation sites is 1. The average molecular weight is 848 g/mol. The third kappa shape index (κ3) is 6.65. The molecule has 11 rings (SSSR count). The Labute approximate surface area is 353 Å². The molecule has 18 heteroatoms. The van der Waals surface area contributed by atoms with Gasteiger partial charge in [-0.25, -0.2) is 23.1 Å². The van der Waals surface area contributed by atoms with Gasteiger partial charge < -0.3 is 15.0 Å². The Morgan fingerprint density at radius 1 is 1.03 bits per heavy atom. The number of hydrogen-bond acceptors (Lipinski definition) is 10. The molecule has 322 valence electrons. The van der Waals surface area contributed by atoms with Crippen molar-refractivity contribution in [3.8, 4) is 0 Å². The van der Waals surface area contributed by atoms with E-state index >= 15 is 8.78 Å². The predicted molar refractivity (Wildman–Crippen MR) is 225 cm³/mol. The van der Waals surface area contributed by atoms with Gasteiger partial charge in [0, 0.05) is 50.0 Å². The number of imide groups is 1. The number of halogens is 2. The highest BCUT2D eigenvalue weighted by molar-refractivity contribution is 6.08. The zero-order valence-electron chi connectivity index (χ0n) is 34.3. The summed E-state index contributed by atoms with van der Waals surface area (Å²) in [6.45, 7) is 2.21. The van der Waals surface area contributed by atoms with E-state index in [1.807, 2.05) is 46.2 Å². The number of likely N-dealkylation sites (tertiary alicyclic amines) is 1. The van der Waals surface area contributed by atoms with E-state index < -0.39 is 29.5 Å². The molecule has 0 radical (unpaired) electrons. The van der Waals surface area contributed by atoms with Crippen LogP contribution in [-0.2, 0) is 21.4 Å². The number of morpholine rings is 1. The molecule has 5 aliphatic rings. The van der Waals surface area contributed by atoms with Gasteiger partial charge in [-0.15, -0.1) is 0 Å². The van der Waals surface area contributed by atoms with Crippen LogP contribution in [0.5, 0.6) is 0 Å². The molecule has 4 aromatic heterocycles. The quantitative estimate of drug-likeness (QED) is 0.204. The number of amides is 3. The van der Waals surface area contributed by atoms with Crippen LogP contribution in [-0.4, -0.2) is 107 Å². The molecule has 1 saturated carbocycles. The Hall–Kier alpha value is -6.01. The van der Waals surface area contributed by atoms with Crippen LogP contribution in [0.3, 0.4) is 0 Å². The first-order valence-corrected chi connectivity index (χ1v) is 21.6. The fraction of sp³-hybridized carbons (Fsp3) is 0.477. The van der Waals surface area contributed by atoms with Crippen molar-refractivity contribution in [2.45, 2.75) is 87.4 Å². The zero-order valence-corrected chi connectivity index (χ0v) is 34.3. The van der Waals surface area contributed by atoms with Crippen molar-refractivity contribution in [2.75, 3.05) is 43.0 Å². The van der Waals surface area contributed by atoms with E-state index in [0.717, 1.165) is 55.4 Å². The number of nitrogens with one attached hydrogen (secondary N) is 2. The summed E-state index contributed by atoms with van der Waals surface area (Å²) >= 11 is 0. The summed E-state index contributed by atoms with van der Waals surface area (Å²) in [6.07, 6.45) is 10.7. The lowest BCUT2D eigenvalue weighted by Crippen LogP contribution is -2.49. The van der Waals surface area contributed by atoms with Gasteiger partial charge in [0.05, 0.1) is 60.0 Å². The van der Waals surface area contributed by atoms with Crippen LogP contribution in [0.4, 0.5) is 20.3 Å². The fourth-order valence-corrected chi connectivity index (χ4v) is 10.9. The van der Waals surface area contributed by atoms with Crippen molar-refractivity contribution in [3.05, 3.63) is 82.7 Å². The van der Waals surface area contributed by atoms with E-state index in [1.54, 1.807) is 36.0 Å². The molecule has 0 spiro atoms. The number of fused-ring (bicyclic) bond motifs is 5. The molecule has 2 N–H and O–H groups in total. The summed E-state index contributed by atoms with van der Waals surface area (Å²) in [6, 6.07) is 12.2. The van der Waals surface area contributed by atoms with Crippen molar-refractivity contribution in [2.24, 2.45) is 13.0 Å². The first-order valence-electron chi connectivity index (χ1n) is 21.6. The number of alkyl halides is 2. The number of rotatable bonds is 8. The van der Waals surface area contributed by atoms with E-state index in [1.165, 1.54) is 9.13 Å². The minimum absolute atomic E-state index is 0.101. The third-order valence-corrected chi connectivity index (χ3v) is 14.0.